The van der Waals surface area contributed by atoms with E-state index in [1.54, 1.807) is 55.8 Å². The third-order valence-corrected chi connectivity index (χ3v) is 4.31. The molecule has 0 fully saturated rings. The van der Waals surface area contributed by atoms with Gasteiger partial charge in [-0.3, -0.25) is 14.6 Å². The molecule has 0 unspecified atom stereocenters. The van der Waals surface area contributed by atoms with Crippen molar-refractivity contribution >= 4 is 23.7 Å². The molecule has 0 atom stereocenters. The molecule has 0 aliphatic carbocycles. The Morgan fingerprint density at radius 2 is 1.84 bits per heavy atom. The number of rotatable bonds is 10. The summed E-state index contributed by atoms with van der Waals surface area (Å²) in [7, 11) is 1.54. The second kappa shape index (κ2) is 10.7. The lowest BCUT2D eigenvalue weighted by Gasteiger charge is -2.09. The van der Waals surface area contributed by atoms with Crippen LogP contribution >= 0.6 is 0 Å². The highest BCUT2D eigenvalue weighted by molar-refractivity contribution is 6.10. The number of benzene rings is 1. The number of ketones is 2. The van der Waals surface area contributed by atoms with Crippen LogP contribution in [0.3, 0.4) is 0 Å². The molecule has 1 aromatic carbocycles. The van der Waals surface area contributed by atoms with Crippen molar-refractivity contribution in [2.75, 3.05) is 7.11 Å². The molecule has 3 rings (SSSR count). The van der Waals surface area contributed by atoms with Gasteiger partial charge in [-0.25, -0.2) is 0 Å². The molecule has 0 bridgehead atoms. The molecular weight excluding hydrogens is 394 g/mol. The van der Waals surface area contributed by atoms with Crippen molar-refractivity contribution in [2.45, 2.75) is 20.0 Å². The Bertz CT molecular complexity index is 1100. The molecule has 0 radical (unpaired) electrons. The van der Waals surface area contributed by atoms with Crippen LogP contribution in [-0.4, -0.2) is 23.7 Å². The summed E-state index contributed by atoms with van der Waals surface area (Å²) in [6.07, 6.45) is 7.38. The summed E-state index contributed by atoms with van der Waals surface area (Å²) < 4.78 is 16.5. The normalized spacial score (nSPS) is 11.2. The van der Waals surface area contributed by atoms with Crippen LogP contribution in [0.4, 0.5) is 0 Å². The van der Waals surface area contributed by atoms with E-state index in [1.165, 1.54) is 12.2 Å². The van der Waals surface area contributed by atoms with E-state index >= 15 is 0 Å². The summed E-state index contributed by atoms with van der Waals surface area (Å²) in [5.41, 5.74) is 1.52. The SMILES string of the molecule is COc1cc(OCc2ccccn2)ccc1/C=C/C(=O)CC(=O)/C=C/c1ccc(C)o1. The van der Waals surface area contributed by atoms with Crippen molar-refractivity contribution in [1.82, 2.24) is 4.98 Å². The van der Waals surface area contributed by atoms with Crippen LogP contribution in [0.1, 0.15) is 29.2 Å². The molecule has 3 aromatic rings. The summed E-state index contributed by atoms with van der Waals surface area (Å²) in [6.45, 7) is 2.16. The average molecular weight is 417 g/mol. The molecule has 0 spiro atoms. The highest BCUT2D eigenvalue weighted by Gasteiger charge is 2.07. The standard InChI is InChI=1S/C25H23NO5/c1-18-6-11-23(31-18)13-10-22(28)15-21(27)9-7-19-8-12-24(16-25(19)29-2)30-17-20-5-3-4-14-26-20/h3-14,16H,15,17H2,1-2H3/b9-7+,13-10+. The lowest BCUT2D eigenvalue weighted by atomic mass is 10.1. The maximum Gasteiger partial charge on any atom is 0.163 e. The Labute approximate surface area is 180 Å². The van der Waals surface area contributed by atoms with Gasteiger partial charge < -0.3 is 13.9 Å². The number of carbonyl (C=O) groups excluding carboxylic acids is 2. The van der Waals surface area contributed by atoms with Gasteiger partial charge in [0.1, 0.15) is 29.6 Å². The van der Waals surface area contributed by atoms with Gasteiger partial charge in [-0.1, -0.05) is 6.07 Å². The number of methoxy groups -OCH3 is 1. The molecular formula is C25H23NO5. The van der Waals surface area contributed by atoms with Gasteiger partial charge in [-0.05, 0) is 67.6 Å². The predicted octanol–water partition coefficient (Wildman–Crippen LogP) is 4.83. The van der Waals surface area contributed by atoms with E-state index in [9.17, 15) is 9.59 Å². The first kappa shape index (κ1) is 21.8. The minimum atomic E-state index is -0.303. The van der Waals surface area contributed by atoms with E-state index in [2.05, 4.69) is 4.98 Å². The van der Waals surface area contributed by atoms with Crippen molar-refractivity contribution in [3.8, 4) is 11.5 Å². The van der Waals surface area contributed by atoms with Crippen LogP contribution in [0.25, 0.3) is 12.2 Å². The Hall–Kier alpha value is -3.93. The summed E-state index contributed by atoms with van der Waals surface area (Å²) in [4.78, 5) is 28.3. The molecule has 2 heterocycles. The minimum absolute atomic E-state index is 0.222. The highest BCUT2D eigenvalue weighted by Crippen LogP contribution is 2.26. The zero-order valence-electron chi connectivity index (χ0n) is 17.4. The van der Waals surface area contributed by atoms with Gasteiger partial charge in [0.2, 0.25) is 0 Å². The van der Waals surface area contributed by atoms with E-state index in [1.807, 2.05) is 25.1 Å². The lowest BCUT2D eigenvalue weighted by molar-refractivity contribution is -0.121. The number of aromatic nitrogens is 1. The van der Waals surface area contributed by atoms with Crippen LogP contribution in [0.5, 0.6) is 11.5 Å². The second-order valence-electron chi connectivity index (χ2n) is 6.74. The Morgan fingerprint density at radius 1 is 1.03 bits per heavy atom. The van der Waals surface area contributed by atoms with Crippen molar-refractivity contribution in [3.63, 3.8) is 0 Å². The summed E-state index contributed by atoms with van der Waals surface area (Å²) in [6, 6.07) is 14.5. The molecule has 0 saturated carbocycles. The van der Waals surface area contributed by atoms with Gasteiger partial charge in [0.25, 0.3) is 0 Å². The largest absolute Gasteiger partial charge is 0.496 e. The number of nitrogens with zero attached hydrogens (tertiary/aromatic N) is 1. The van der Waals surface area contributed by atoms with E-state index < -0.39 is 0 Å². The molecule has 0 N–H and O–H groups in total. The molecule has 6 nitrogen and oxygen atoms in total. The third kappa shape index (κ3) is 6.82. The molecule has 0 aliphatic heterocycles. The van der Waals surface area contributed by atoms with Crippen LogP contribution in [0.15, 0.2) is 71.3 Å². The molecule has 31 heavy (non-hydrogen) atoms. The van der Waals surface area contributed by atoms with Gasteiger partial charge in [-0.15, -0.1) is 0 Å². The monoisotopic (exact) mass is 417 g/mol. The maximum atomic E-state index is 12.1. The average Bonchev–Trinajstić information content (AvgIpc) is 3.21. The quantitative estimate of drug-likeness (QED) is 0.347. The second-order valence-corrected chi connectivity index (χ2v) is 6.74. The molecule has 0 amide bonds. The van der Waals surface area contributed by atoms with Gasteiger partial charge in [0.05, 0.1) is 19.2 Å². The first-order valence-corrected chi connectivity index (χ1v) is 9.72. The fourth-order valence-electron chi connectivity index (χ4n) is 2.75. The molecule has 2 aromatic heterocycles. The first-order valence-electron chi connectivity index (χ1n) is 9.72. The number of aryl methyl sites for hydroxylation is 1. The number of hydrogen-bond donors (Lipinski definition) is 0. The Morgan fingerprint density at radius 3 is 2.52 bits per heavy atom. The summed E-state index contributed by atoms with van der Waals surface area (Å²) in [5.74, 6) is 1.91. The highest BCUT2D eigenvalue weighted by atomic mass is 16.5. The third-order valence-electron chi connectivity index (χ3n) is 4.31. The summed E-state index contributed by atoms with van der Waals surface area (Å²) >= 11 is 0. The van der Waals surface area contributed by atoms with Crippen LogP contribution in [0.2, 0.25) is 0 Å². The zero-order valence-corrected chi connectivity index (χ0v) is 17.4. The van der Waals surface area contributed by atoms with E-state index in [-0.39, 0.29) is 18.0 Å². The molecule has 158 valence electrons. The molecule has 0 saturated heterocycles. The number of furan rings is 1. The van der Waals surface area contributed by atoms with Crippen LogP contribution in [-0.2, 0) is 16.2 Å². The number of pyridine rings is 1. The number of ether oxygens (including phenoxy) is 2. The van der Waals surface area contributed by atoms with Crippen molar-refractivity contribution in [2.24, 2.45) is 0 Å². The van der Waals surface area contributed by atoms with E-state index in [0.717, 1.165) is 11.5 Å². The minimum Gasteiger partial charge on any atom is -0.496 e. The van der Waals surface area contributed by atoms with Gasteiger partial charge in [0.15, 0.2) is 11.6 Å². The topological polar surface area (TPSA) is 78.6 Å². The van der Waals surface area contributed by atoms with Crippen molar-refractivity contribution < 1.29 is 23.5 Å². The Balaban J connectivity index is 1.56. The molecule has 0 aliphatic rings. The smallest absolute Gasteiger partial charge is 0.163 e. The maximum absolute atomic E-state index is 12.1. The van der Waals surface area contributed by atoms with Crippen LogP contribution < -0.4 is 9.47 Å². The number of allylic oxidation sites excluding steroid dienone is 2. The number of hydrogen-bond acceptors (Lipinski definition) is 6. The fraction of sp³-hybridized carbons (Fsp3) is 0.160. The van der Waals surface area contributed by atoms with Gasteiger partial charge in [-0.2, -0.15) is 0 Å². The van der Waals surface area contributed by atoms with E-state index in [0.29, 0.717) is 29.4 Å². The lowest BCUT2D eigenvalue weighted by Crippen LogP contribution is -2.02. The summed E-state index contributed by atoms with van der Waals surface area (Å²) in [5, 5.41) is 0. The van der Waals surface area contributed by atoms with Gasteiger partial charge in [0, 0.05) is 17.8 Å². The number of carbonyl (C=O) groups is 2. The Kier molecular flexibility index (Phi) is 7.54. The van der Waals surface area contributed by atoms with Gasteiger partial charge >= 0.3 is 0 Å². The molecule has 6 heteroatoms. The van der Waals surface area contributed by atoms with Crippen LogP contribution in [0, 0.1) is 6.92 Å². The predicted molar refractivity (Wildman–Crippen MR) is 118 cm³/mol. The van der Waals surface area contributed by atoms with Crippen molar-refractivity contribution in [3.05, 3.63) is 89.7 Å². The van der Waals surface area contributed by atoms with E-state index in [4.69, 9.17) is 13.9 Å². The first-order chi connectivity index (χ1) is 15.0. The fourth-order valence-corrected chi connectivity index (χ4v) is 2.75. The van der Waals surface area contributed by atoms with Crippen molar-refractivity contribution in [1.29, 1.82) is 0 Å². The zero-order chi connectivity index (χ0) is 22.1.